The molecule has 4 heterocycles. The first-order chi connectivity index (χ1) is 48.6. The minimum Gasteiger partial charge on any atom is -0.508 e. The van der Waals surface area contributed by atoms with Crippen LogP contribution in [-0.2, 0) is 63.6 Å². The minimum absolute atomic E-state index is 0. The van der Waals surface area contributed by atoms with Crippen LogP contribution >= 0.6 is 0 Å². The number of ketones is 2. The van der Waals surface area contributed by atoms with Gasteiger partial charge in [0.2, 0.25) is 11.8 Å². The SMILES string of the molecule is C.C.C/C=C/C1=CN2C(=O)c3cc(C)c(C)cc3N(C(=O)OCc3ccc(CC(=O)[C@H](C)NC(=O)[C@@H](CC)C(C)C)cc3)[C@@H](O[Si](C)(C)C(C)(C)C)[C@@H]2C1.C/C=C/C1=CN2C(=O)c3cc(C)c(O)cc3N(C(=O)OCc3ccc(CC(=O)[C@H](C)NC(=O)[C@@H](CC)C(C)C)cc3)[C@@H](O[Si](C)(C)C(C)(C)C)[C@@H]2C1. The van der Waals surface area contributed by atoms with Gasteiger partial charge in [0, 0.05) is 43.1 Å². The van der Waals surface area contributed by atoms with Gasteiger partial charge in [-0.05, 0) is 191 Å². The Kier molecular flexibility index (Phi) is 30.5. The Morgan fingerprint density at radius 2 is 0.868 bits per heavy atom. The van der Waals surface area contributed by atoms with Gasteiger partial charge in [-0.3, -0.25) is 28.8 Å². The van der Waals surface area contributed by atoms with Crippen molar-refractivity contribution >= 4 is 75.4 Å². The highest BCUT2D eigenvalue weighted by atomic mass is 28.4. The third-order valence-corrected chi connectivity index (χ3v) is 30.6. The zero-order chi connectivity index (χ0) is 77.4. The number of aryl methyl sites for hydroxylation is 3. The molecule has 580 valence electrons. The fourth-order valence-corrected chi connectivity index (χ4v) is 15.4. The lowest BCUT2D eigenvalue weighted by molar-refractivity contribution is -0.130. The molecule has 0 aliphatic carbocycles. The van der Waals surface area contributed by atoms with Gasteiger partial charge in [0.1, 0.15) is 19.0 Å². The lowest BCUT2D eigenvalue weighted by Gasteiger charge is -2.44. The summed E-state index contributed by atoms with van der Waals surface area (Å²) in [5, 5.41) is 16.2. The normalized spacial score (nSPS) is 18.5. The summed E-state index contributed by atoms with van der Waals surface area (Å²) in [4.78, 5) is 115. The van der Waals surface area contributed by atoms with Crippen molar-refractivity contribution in [2.45, 2.75) is 271 Å². The van der Waals surface area contributed by atoms with E-state index in [1.807, 2.05) is 154 Å². The Hall–Kier alpha value is -8.25. The summed E-state index contributed by atoms with van der Waals surface area (Å²) in [5.74, 6) is -0.785. The van der Waals surface area contributed by atoms with Crippen LogP contribution in [0.3, 0.4) is 0 Å². The first-order valence-electron chi connectivity index (χ1n) is 36.9. The number of hydrogen-bond donors (Lipinski definition) is 3. The molecule has 0 aromatic heterocycles. The fourth-order valence-electron chi connectivity index (χ4n) is 13.0. The molecular formula is C85H124N6O13Si2. The number of allylic oxidation sites excluding steroid dienone is 4. The number of carbonyl (C=O) groups is 8. The van der Waals surface area contributed by atoms with E-state index in [1.165, 1.54) is 11.0 Å². The third kappa shape index (κ3) is 20.7. The van der Waals surface area contributed by atoms with Crippen LogP contribution in [0.1, 0.15) is 211 Å². The van der Waals surface area contributed by atoms with Gasteiger partial charge in [-0.25, -0.2) is 19.4 Å². The number of phenolic OH excluding ortho intramolecular Hbond substituents is 1. The Morgan fingerprint density at radius 1 is 0.538 bits per heavy atom. The number of benzene rings is 4. The number of anilines is 2. The lowest BCUT2D eigenvalue weighted by atomic mass is 9.92. The minimum atomic E-state index is -2.55. The van der Waals surface area contributed by atoms with E-state index in [2.05, 4.69) is 78.4 Å². The molecule has 0 spiro atoms. The number of Topliss-reactive ketones (excluding diaryl/α,β-unsaturated/α-hetero) is 2. The third-order valence-electron chi connectivity index (χ3n) is 21.7. The maximum absolute atomic E-state index is 14.4. The predicted molar refractivity (Wildman–Crippen MR) is 429 cm³/mol. The largest absolute Gasteiger partial charge is 0.508 e. The number of aromatic hydroxyl groups is 1. The molecule has 8 atom stereocenters. The second-order valence-corrected chi connectivity index (χ2v) is 41.8. The molecule has 21 heteroatoms. The highest BCUT2D eigenvalue weighted by Gasteiger charge is 2.53. The zero-order valence-electron chi connectivity index (χ0n) is 66.0. The molecule has 0 radical (unpaired) electrons. The van der Waals surface area contributed by atoms with Crippen LogP contribution in [-0.4, -0.2) is 116 Å². The molecule has 4 aromatic carbocycles. The van der Waals surface area contributed by atoms with Crippen LogP contribution in [0.25, 0.3) is 0 Å². The monoisotopic (exact) mass is 1490 g/mol. The van der Waals surface area contributed by atoms with Crippen molar-refractivity contribution in [2.75, 3.05) is 9.80 Å². The van der Waals surface area contributed by atoms with Gasteiger partial charge in [0.15, 0.2) is 40.7 Å². The molecule has 3 N–H and O–H groups in total. The van der Waals surface area contributed by atoms with E-state index in [0.717, 1.165) is 45.4 Å². The van der Waals surface area contributed by atoms with E-state index < -0.39 is 65.4 Å². The Labute approximate surface area is 635 Å². The van der Waals surface area contributed by atoms with E-state index in [-0.39, 0.29) is 127 Å². The predicted octanol–water partition coefficient (Wildman–Crippen LogP) is 18.2. The highest BCUT2D eigenvalue weighted by molar-refractivity contribution is 6.74. The molecule has 106 heavy (non-hydrogen) atoms. The number of rotatable bonds is 24. The van der Waals surface area contributed by atoms with E-state index in [1.54, 1.807) is 53.7 Å². The van der Waals surface area contributed by atoms with Crippen molar-refractivity contribution in [1.82, 2.24) is 20.4 Å². The van der Waals surface area contributed by atoms with E-state index in [0.29, 0.717) is 41.6 Å². The van der Waals surface area contributed by atoms with Crippen molar-refractivity contribution in [3.63, 3.8) is 0 Å². The number of ether oxygens (including phenoxy) is 2. The molecule has 4 aliphatic rings. The molecule has 0 unspecified atom stereocenters. The van der Waals surface area contributed by atoms with Crippen LogP contribution in [0, 0.1) is 44.4 Å². The molecule has 6 amide bonds. The van der Waals surface area contributed by atoms with Gasteiger partial charge in [-0.2, -0.15) is 0 Å². The van der Waals surface area contributed by atoms with Gasteiger partial charge in [0.25, 0.3) is 11.8 Å². The number of hydrogen-bond acceptors (Lipinski definition) is 13. The Morgan fingerprint density at radius 3 is 1.20 bits per heavy atom. The number of amides is 6. The maximum Gasteiger partial charge on any atom is 0.416 e. The molecular weight excluding hydrogens is 1370 g/mol. The standard InChI is InChI=1S/C42H59N3O6Si.C41H57N3O7Si.2CH4/c1-13-15-32-22-36-40(51-52(11,12)42(8,9)10)45(35-21-28(6)27(5)20-34(35)39(48)44(36)24-32)41(49)50-25-31-18-16-30(17-19-31)23-37(46)29(7)43-38(47)33(14-2)26(3)4;1-12-14-30-20-34-39(51-52(10,11)41(7,8)9)44(33-22-35(45)26(5)19-32(33)38(48)43(34)23-30)40(49)50-24-29-17-15-28(16-18-29)21-36(46)27(6)42-37(47)31(13-2)25(3)4;;/h13,15-21,24,26,29,33,36,40H,14,22-23,25H2,1-12H3,(H,43,47);12,14-19,22-23,25,27,31,34,39,45H,13,20-21,24H2,1-11H3,(H,42,47);2*1H4/b15-13+;14-12+;;/t29-,33-,36-,40-;27-,31-,34-,39-;;/m00../s1. The quantitative estimate of drug-likeness (QED) is 0.0555. The molecule has 0 fully saturated rings. The van der Waals surface area contributed by atoms with Crippen molar-refractivity contribution in [3.8, 4) is 5.75 Å². The van der Waals surface area contributed by atoms with Crippen molar-refractivity contribution in [2.24, 2.45) is 23.7 Å². The molecule has 0 bridgehead atoms. The topological polar surface area (TPSA) is 231 Å². The highest BCUT2D eigenvalue weighted by Crippen LogP contribution is 2.47. The second-order valence-electron chi connectivity index (χ2n) is 32.3. The van der Waals surface area contributed by atoms with E-state index in [9.17, 15) is 43.5 Å². The summed E-state index contributed by atoms with van der Waals surface area (Å²) >= 11 is 0. The van der Waals surface area contributed by atoms with Crippen molar-refractivity contribution in [3.05, 3.63) is 171 Å². The van der Waals surface area contributed by atoms with Crippen LogP contribution in [0.15, 0.2) is 121 Å². The maximum atomic E-state index is 14.4. The average Bonchev–Trinajstić information content (AvgIpc) is 1.57. The number of nitrogens with zero attached hydrogens (tertiary/aromatic N) is 4. The van der Waals surface area contributed by atoms with Gasteiger partial charge in [0.05, 0.1) is 46.7 Å². The van der Waals surface area contributed by atoms with Crippen LogP contribution in [0.2, 0.25) is 36.3 Å². The van der Waals surface area contributed by atoms with E-state index in [4.69, 9.17) is 18.3 Å². The number of carbonyl (C=O) groups excluding carboxylic acids is 8. The molecule has 0 saturated heterocycles. The Bertz CT molecular complexity index is 3700. The summed E-state index contributed by atoms with van der Waals surface area (Å²) in [6.45, 7) is 46.2. The van der Waals surface area contributed by atoms with Crippen molar-refractivity contribution < 1.29 is 61.8 Å². The van der Waals surface area contributed by atoms with Crippen LogP contribution in [0.5, 0.6) is 5.75 Å². The summed E-state index contributed by atoms with van der Waals surface area (Å²) in [6, 6.07) is 19.2. The average molecular weight is 1490 g/mol. The molecule has 4 aliphatic heterocycles. The molecule has 4 aromatic rings. The van der Waals surface area contributed by atoms with Gasteiger partial charge < -0.3 is 43.9 Å². The smallest absolute Gasteiger partial charge is 0.416 e. The summed E-state index contributed by atoms with van der Waals surface area (Å²) in [5.41, 5.74) is 8.77. The summed E-state index contributed by atoms with van der Waals surface area (Å²) in [6.07, 6.45) is 11.3. The van der Waals surface area contributed by atoms with Crippen molar-refractivity contribution in [1.29, 1.82) is 0 Å². The Balaban J connectivity index is 0.000000373. The number of phenols is 1. The first kappa shape index (κ1) is 88.4. The lowest BCUT2D eigenvalue weighted by Crippen LogP contribution is -2.57. The summed E-state index contributed by atoms with van der Waals surface area (Å²) in [7, 11) is -5.04. The van der Waals surface area contributed by atoms with E-state index >= 15 is 0 Å². The molecule has 0 saturated carbocycles. The molecule has 19 nitrogen and oxygen atoms in total. The van der Waals surface area contributed by atoms with Gasteiger partial charge in [-0.1, -0.05) is 171 Å². The number of nitrogens with one attached hydrogen (secondary N) is 2. The fraction of sp³-hybridized carbons (Fsp3) is 0.529. The van der Waals surface area contributed by atoms with Gasteiger partial charge in [-0.15, -0.1) is 0 Å². The molecule has 8 rings (SSSR count). The van der Waals surface area contributed by atoms with Crippen LogP contribution < -0.4 is 20.4 Å². The van der Waals surface area contributed by atoms with Gasteiger partial charge >= 0.3 is 12.2 Å². The zero-order valence-corrected chi connectivity index (χ0v) is 68.0. The summed E-state index contributed by atoms with van der Waals surface area (Å²) < 4.78 is 26.1. The second kappa shape index (κ2) is 36.6. The first-order valence-corrected chi connectivity index (χ1v) is 42.8. The van der Waals surface area contributed by atoms with Crippen LogP contribution in [0.4, 0.5) is 21.0 Å². The number of fused-ring (bicyclic) bond motifs is 4.